The van der Waals surface area contributed by atoms with Crippen LogP contribution >= 0.6 is 0 Å². The van der Waals surface area contributed by atoms with Crippen LogP contribution in [0.3, 0.4) is 0 Å². The molecule has 1 saturated heterocycles. The van der Waals surface area contributed by atoms with Crippen molar-refractivity contribution >= 4 is 11.8 Å². The third kappa shape index (κ3) is 4.56. The van der Waals surface area contributed by atoms with E-state index in [1.165, 1.54) is 11.0 Å². The number of likely N-dealkylation sites (tertiary alicyclic amines) is 1. The lowest BCUT2D eigenvalue weighted by molar-refractivity contribution is -0.138. The summed E-state index contributed by atoms with van der Waals surface area (Å²) in [4.78, 5) is 27.3. The summed E-state index contributed by atoms with van der Waals surface area (Å²) >= 11 is 0. The molecule has 7 heteroatoms. The molecule has 31 heavy (non-hydrogen) atoms. The summed E-state index contributed by atoms with van der Waals surface area (Å²) in [6, 6.07) is 11.1. The fraction of sp³-hybridized carbons (Fsp3) is 0.417. The number of β-amino-alcohol motifs (C(OH)–C–C–N with tert-alkyl or cyclic N) is 1. The Labute approximate surface area is 181 Å². The summed E-state index contributed by atoms with van der Waals surface area (Å²) in [6.07, 6.45) is 0.739. The van der Waals surface area contributed by atoms with Gasteiger partial charge in [0.25, 0.3) is 0 Å². The first-order valence-electron chi connectivity index (χ1n) is 10.7. The number of nitrogens with one attached hydrogen (secondary N) is 1. The number of carbonyl (C=O) groups is 2. The molecule has 0 aromatic heterocycles. The van der Waals surface area contributed by atoms with Crippen LogP contribution < -0.4 is 10.1 Å². The third-order valence-electron chi connectivity index (χ3n) is 6.04. The van der Waals surface area contributed by atoms with Gasteiger partial charge in [0.1, 0.15) is 17.6 Å². The largest absolute Gasteiger partial charge is 0.493 e. The lowest BCUT2D eigenvalue weighted by Gasteiger charge is -2.30. The van der Waals surface area contributed by atoms with Crippen LogP contribution in [-0.2, 0) is 22.4 Å². The molecule has 2 unspecified atom stereocenters. The van der Waals surface area contributed by atoms with E-state index in [9.17, 15) is 19.1 Å². The number of benzene rings is 2. The van der Waals surface area contributed by atoms with Crippen molar-refractivity contribution in [1.82, 2.24) is 10.2 Å². The average Bonchev–Trinajstić information content (AvgIpc) is 3.17. The summed E-state index contributed by atoms with van der Waals surface area (Å²) in [5.74, 6) is -0.379. The van der Waals surface area contributed by atoms with Crippen molar-refractivity contribution in [3.8, 4) is 5.75 Å². The number of rotatable bonds is 5. The smallest absolute Gasteiger partial charge is 0.243 e. The maximum Gasteiger partial charge on any atom is 0.243 e. The van der Waals surface area contributed by atoms with Crippen molar-refractivity contribution in [2.45, 2.75) is 50.8 Å². The zero-order valence-corrected chi connectivity index (χ0v) is 17.5. The molecule has 6 nitrogen and oxygen atoms in total. The zero-order chi connectivity index (χ0) is 22.0. The van der Waals surface area contributed by atoms with E-state index in [0.29, 0.717) is 13.0 Å². The van der Waals surface area contributed by atoms with Crippen LogP contribution in [0.15, 0.2) is 42.5 Å². The second-order valence-corrected chi connectivity index (χ2v) is 8.14. The number of aryl methyl sites for hydroxylation is 1. The molecule has 0 saturated carbocycles. The van der Waals surface area contributed by atoms with E-state index >= 15 is 0 Å². The van der Waals surface area contributed by atoms with E-state index in [1.54, 1.807) is 18.2 Å². The number of carbonyl (C=O) groups excluding carboxylic acids is 2. The molecular weight excluding hydrogens is 399 g/mol. The summed E-state index contributed by atoms with van der Waals surface area (Å²) in [5.41, 5.74) is 2.36. The van der Waals surface area contributed by atoms with Crippen LogP contribution in [0, 0.1) is 5.82 Å². The molecule has 4 rings (SSSR count). The van der Waals surface area contributed by atoms with Crippen LogP contribution in [0.1, 0.15) is 42.5 Å². The normalized spacial score (nSPS) is 22.5. The molecular formula is C24H27FN2O4. The quantitative estimate of drug-likeness (QED) is 0.770. The molecule has 2 heterocycles. The van der Waals surface area contributed by atoms with Gasteiger partial charge in [-0.25, -0.2) is 4.39 Å². The van der Waals surface area contributed by atoms with Gasteiger partial charge in [0.05, 0.1) is 25.2 Å². The minimum absolute atomic E-state index is 0.0652. The van der Waals surface area contributed by atoms with Gasteiger partial charge in [0.2, 0.25) is 11.8 Å². The van der Waals surface area contributed by atoms with Crippen LogP contribution in [0.2, 0.25) is 0 Å². The molecule has 2 N–H and O–H groups in total. The molecule has 0 radical (unpaired) electrons. The van der Waals surface area contributed by atoms with Gasteiger partial charge in [-0.15, -0.1) is 0 Å². The number of fused-ring (bicyclic) bond motifs is 1. The summed E-state index contributed by atoms with van der Waals surface area (Å²) in [6.45, 7) is 2.63. The maximum absolute atomic E-state index is 14.0. The lowest BCUT2D eigenvalue weighted by Crippen LogP contribution is -2.47. The van der Waals surface area contributed by atoms with E-state index < -0.39 is 18.0 Å². The molecule has 2 aromatic carbocycles. The Morgan fingerprint density at radius 2 is 2.06 bits per heavy atom. The number of nitrogens with zero attached hydrogens (tertiary/aromatic N) is 1. The second-order valence-electron chi connectivity index (χ2n) is 8.14. The maximum atomic E-state index is 14.0. The fourth-order valence-electron chi connectivity index (χ4n) is 4.33. The van der Waals surface area contributed by atoms with Crippen LogP contribution in [0.5, 0.6) is 5.75 Å². The van der Waals surface area contributed by atoms with E-state index in [4.69, 9.17) is 4.74 Å². The Morgan fingerprint density at radius 3 is 2.84 bits per heavy atom. The van der Waals surface area contributed by atoms with Crippen molar-refractivity contribution in [2.75, 3.05) is 13.2 Å². The zero-order valence-electron chi connectivity index (χ0n) is 17.5. The topological polar surface area (TPSA) is 78.9 Å². The van der Waals surface area contributed by atoms with Gasteiger partial charge < -0.3 is 20.1 Å². The summed E-state index contributed by atoms with van der Waals surface area (Å²) < 4.78 is 19.7. The predicted octanol–water partition coefficient (Wildman–Crippen LogP) is 2.53. The van der Waals surface area contributed by atoms with Crippen LogP contribution in [0.4, 0.5) is 4.39 Å². The highest BCUT2D eigenvalue weighted by Crippen LogP contribution is 2.33. The van der Waals surface area contributed by atoms with Gasteiger partial charge in [-0.05, 0) is 29.7 Å². The van der Waals surface area contributed by atoms with E-state index in [0.717, 1.165) is 23.3 Å². The SMILES string of the molecule is CCc1ccc2c(c1)[C@@H](NC(=O)C1CC(O)CN1C(=O)Cc1ccccc1F)CCO2. The number of halogens is 1. The lowest BCUT2D eigenvalue weighted by atomic mass is 9.97. The minimum Gasteiger partial charge on any atom is -0.493 e. The van der Waals surface area contributed by atoms with Gasteiger partial charge in [0.15, 0.2) is 0 Å². The van der Waals surface area contributed by atoms with Gasteiger partial charge in [-0.2, -0.15) is 0 Å². The van der Waals surface area contributed by atoms with E-state index in [-0.39, 0.29) is 42.8 Å². The van der Waals surface area contributed by atoms with Gasteiger partial charge in [-0.1, -0.05) is 37.3 Å². The summed E-state index contributed by atoms with van der Waals surface area (Å²) in [7, 11) is 0. The predicted molar refractivity (Wildman–Crippen MR) is 113 cm³/mol. The number of hydrogen-bond donors (Lipinski definition) is 2. The molecule has 2 aliphatic heterocycles. The summed E-state index contributed by atoms with van der Waals surface area (Å²) in [5, 5.41) is 13.2. The van der Waals surface area contributed by atoms with Crippen molar-refractivity contribution < 1.29 is 23.8 Å². The van der Waals surface area contributed by atoms with Crippen molar-refractivity contribution in [2.24, 2.45) is 0 Å². The standard InChI is InChI=1S/C24H27FN2O4/c1-2-15-7-8-22-18(11-15)20(9-10-31-22)26-24(30)21-13-17(28)14-27(21)23(29)12-16-5-3-4-6-19(16)25/h3-8,11,17,20-21,28H,2,9-10,12-14H2,1H3,(H,26,30)/t17?,20-,21?/m0/s1. The Morgan fingerprint density at radius 1 is 1.26 bits per heavy atom. The molecule has 2 aliphatic rings. The molecule has 2 amide bonds. The number of amides is 2. The van der Waals surface area contributed by atoms with Crippen LogP contribution in [-0.4, -0.2) is 47.1 Å². The number of aliphatic hydroxyl groups excluding tert-OH is 1. The van der Waals surface area contributed by atoms with E-state index in [2.05, 4.69) is 12.2 Å². The Bertz CT molecular complexity index is 980. The first-order valence-corrected chi connectivity index (χ1v) is 10.7. The molecule has 3 atom stereocenters. The molecule has 0 bridgehead atoms. The van der Waals surface area contributed by atoms with Crippen molar-refractivity contribution in [1.29, 1.82) is 0 Å². The highest BCUT2D eigenvalue weighted by Gasteiger charge is 2.40. The van der Waals surface area contributed by atoms with Crippen molar-refractivity contribution in [3.63, 3.8) is 0 Å². The Kier molecular flexibility index (Phi) is 6.23. The molecule has 1 fully saturated rings. The van der Waals surface area contributed by atoms with Gasteiger partial charge in [-0.3, -0.25) is 9.59 Å². The first-order chi connectivity index (χ1) is 15.0. The third-order valence-corrected chi connectivity index (χ3v) is 6.04. The average molecular weight is 426 g/mol. The first kappa shape index (κ1) is 21.3. The number of aliphatic hydroxyl groups is 1. The molecule has 0 aliphatic carbocycles. The number of ether oxygens (including phenoxy) is 1. The molecule has 164 valence electrons. The van der Waals surface area contributed by atoms with Gasteiger partial charge >= 0.3 is 0 Å². The Hall–Kier alpha value is -2.93. The second kappa shape index (κ2) is 9.06. The monoisotopic (exact) mass is 426 g/mol. The van der Waals surface area contributed by atoms with Crippen molar-refractivity contribution in [3.05, 3.63) is 65.0 Å². The molecule has 0 spiro atoms. The highest BCUT2D eigenvalue weighted by molar-refractivity contribution is 5.89. The van der Waals surface area contributed by atoms with Crippen LogP contribution in [0.25, 0.3) is 0 Å². The number of hydrogen-bond acceptors (Lipinski definition) is 4. The highest BCUT2D eigenvalue weighted by atomic mass is 19.1. The minimum atomic E-state index is -0.783. The van der Waals surface area contributed by atoms with E-state index in [1.807, 2.05) is 18.2 Å². The van der Waals surface area contributed by atoms with Gasteiger partial charge in [0, 0.05) is 24.9 Å². The molecule has 2 aromatic rings. The fourth-order valence-corrected chi connectivity index (χ4v) is 4.33. The Balaban J connectivity index is 1.49.